The van der Waals surface area contributed by atoms with Crippen molar-refractivity contribution in [3.05, 3.63) is 29.3 Å². The molecular formula is C16H26N2. The summed E-state index contributed by atoms with van der Waals surface area (Å²) in [5, 5.41) is 3.61. The molecule has 1 aromatic rings. The molecule has 2 heteroatoms. The number of nitrogens with one attached hydrogen (secondary N) is 1. The Balaban J connectivity index is 1.86. The van der Waals surface area contributed by atoms with Crippen molar-refractivity contribution in [2.45, 2.75) is 39.7 Å². The second-order valence-electron chi connectivity index (χ2n) is 6.01. The Hall–Kier alpha value is -1.02. The highest BCUT2D eigenvalue weighted by molar-refractivity contribution is 5.50. The first-order valence-electron chi connectivity index (χ1n) is 7.07. The minimum Gasteiger partial charge on any atom is -0.374 e. The van der Waals surface area contributed by atoms with Crippen molar-refractivity contribution in [1.82, 2.24) is 5.32 Å². The zero-order chi connectivity index (χ0) is 13.1. The van der Waals surface area contributed by atoms with Crippen molar-refractivity contribution in [2.24, 2.45) is 5.92 Å². The Labute approximate surface area is 111 Å². The Morgan fingerprint density at radius 3 is 2.39 bits per heavy atom. The van der Waals surface area contributed by atoms with Crippen LogP contribution >= 0.6 is 0 Å². The molecule has 2 rings (SSSR count). The van der Waals surface area contributed by atoms with Crippen molar-refractivity contribution in [3.8, 4) is 0 Å². The van der Waals surface area contributed by atoms with Gasteiger partial charge in [0.2, 0.25) is 0 Å². The average Bonchev–Trinajstić information content (AvgIpc) is 3.08. The number of hydrogen-bond acceptors (Lipinski definition) is 2. The maximum atomic E-state index is 3.61. The Morgan fingerprint density at radius 1 is 1.22 bits per heavy atom. The molecule has 0 amide bonds. The molecule has 1 N–H and O–H groups in total. The lowest BCUT2D eigenvalue weighted by Gasteiger charge is -2.24. The highest BCUT2D eigenvalue weighted by Crippen LogP contribution is 2.20. The van der Waals surface area contributed by atoms with Gasteiger partial charge in [-0.1, -0.05) is 13.0 Å². The number of benzene rings is 1. The Morgan fingerprint density at radius 2 is 1.83 bits per heavy atom. The molecule has 0 aliphatic heterocycles. The third kappa shape index (κ3) is 4.02. The molecule has 2 nitrogen and oxygen atoms in total. The van der Waals surface area contributed by atoms with Gasteiger partial charge in [0, 0.05) is 25.3 Å². The average molecular weight is 246 g/mol. The molecule has 1 aromatic carbocycles. The molecule has 0 aromatic heterocycles. The topological polar surface area (TPSA) is 15.3 Å². The van der Waals surface area contributed by atoms with Crippen LogP contribution in [0.5, 0.6) is 0 Å². The Bertz CT molecular complexity index is 376. The van der Waals surface area contributed by atoms with Crippen molar-refractivity contribution >= 4 is 5.69 Å². The van der Waals surface area contributed by atoms with Gasteiger partial charge in [0.25, 0.3) is 0 Å². The van der Waals surface area contributed by atoms with Crippen LogP contribution in [0.3, 0.4) is 0 Å². The molecule has 0 saturated heterocycles. The van der Waals surface area contributed by atoms with Crippen LogP contribution < -0.4 is 10.2 Å². The highest BCUT2D eigenvalue weighted by atomic mass is 15.1. The highest BCUT2D eigenvalue weighted by Gasteiger charge is 2.21. The summed E-state index contributed by atoms with van der Waals surface area (Å²) in [4.78, 5) is 2.37. The monoisotopic (exact) mass is 246 g/mol. The van der Waals surface area contributed by atoms with Crippen LogP contribution in [0.25, 0.3) is 0 Å². The lowest BCUT2D eigenvalue weighted by Crippen LogP contribution is -2.31. The molecule has 18 heavy (non-hydrogen) atoms. The Kier molecular flexibility index (Phi) is 4.28. The molecule has 1 saturated carbocycles. The smallest absolute Gasteiger partial charge is 0.0369 e. The van der Waals surface area contributed by atoms with E-state index in [-0.39, 0.29) is 0 Å². The van der Waals surface area contributed by atoms with E-state index in [0.29, 0.717) is 5.92 Å². The van der Waals surface area contributed by atoms with Gasteiger partial charge in [-0.3, -0.25) is 0 Å². The molecule has 0 bridgehead atoms. The molecule has 0 heterocycles. The van der Waals surface area contributed by atoms with E-state index in [1.54, 1.807) is 0 Å². The fraction of sp³-hybridized carbons (Fsp3) is 0.625. The van der Waals surface area contributed by atoms with Crippen molar-refractivity contribution in [3.63, 3.8) is 0 Å². The zero-order valence-electron chi connectivity index (χ0n) is 12.2. The molecule has 100 valence electrons. The van der Waals surface area contributed by atoms with E-state index in [9.17, 15) is 0 Å². The van der Waals surface area contributed by atoms with E-state index in [1.165, 1.54) is 29.7 Å². The van der Waals surface area contributed by atoms with Gasteiger partial charge in [-0.25, -0.2) is 0 Å². The molecule has 1 aliphatic carbocycles. The van der Waals surface area contributed by atoms with Gasteiger partial charge in [0.05, 0.1) is 0 Å². The summed E-state index contributed by atoms with van der Waals surface area (Å²) in [6.45, 7) is 8.92. The van der Waals surface area contributed by atoms with E-state index >= 15 is 0 Å². The van der Waals surface area contributed by atoms with Crippen LogP contribution in [-0.2, 0) is 0 Å². The zero-order valence-corrected chi connectivity index (χ0v) is 12.2. The van der Waals surface area contributed by atoms with E-state index in [0.717, 1.165) is 19.1 Å². The van der Waals surface area contributed by atoms with Crippen LogP contribution in [0.15, 0.2) is 18.2 Å². The van der Waals surface area contributed by atoms with Crippen LogP contribution in [0.1, 0.15) is 30.9 Å². The minimum absolute atomic E-state index is 0.691. The summed E-state index contributed by atoms with van der Waals surface area (Å²) < 4.78 is 0. The number of aryl methyl sites for hydroxylation is 2. The van der Waals surface area contributed by atoms with Gasteiger partial charge >= 0.3 is 0 Å². The van der Waals surface area contributed by atoms with Gasteiger partial charge in [-0.15, -0.1) is 0 Å². The summed E-state index contributed by atoms with van der Waals surface area (Å²) in [7, 11) is 2.20. The first-order chi connectivity index (χ1) is 8.54. The van der Waals surface area contributed by atoms with E-state index < -0.39 is 0 Å². The van der Waals surface area contributed by atoms with Gasteiger partial charge in [-0.05, 0) is 62.4 Å². The van der Waals surface area contributed by atoms with E-state index in [1.807, 2.05) is 0 Å². The van der Waals surface area contributed by atoms with Crippen LogP contribution in [0, 0.1) is 19.8 Å². The van der Waals surface area contributed by atoms with E-state index in [4.69, 9.17) is 0 Å². The third-order valence-electron chi connectivity index (χ3n) is 3.57. The lowest BCUT2D eigenvalue weighted by atomic mass is 10.1. The first kappa shape index (κ1) is 13.4. The fourth-order valence-corrected chi connectivity index (χ4v) is 2.46. The number of nitrogens with zero attached hydrogens (tertiary/aromatic N) is 1. The summed E-state index contributed by atoms with van der Waals surface area (Å²) in [5.41, 5.74) is 4.03. The second kappa shape index (κ2) is 5.75. The van der Waals surface area contributed by atoms with Crippen LogP contribution in [-0.4, -0.2) is 26.2 Å². The minimum atomic E-state index is 0.691. The molecule has 1 fully saturated rings. The molecule has 0 spiro atoms. The van der Waals surface area contributed by atoms with Gasteiger partial charge in [-0.2, -0.15) is 0 Å². The number of rotatable bonds is 6. The number of anilines is 1. The standard InChI is InChI=1S/C16H26N2/c1-12-7-13(2)9-16(8-12)18(4)11-14(3)10-17-15-5-6-15/h7-9,14-15,17H,5-6,10-11H2,1-4H3. The van der Waals surface area contributed by atoms with Crippen LogP contribution in [0.4, 0.5) is 5.69 Å². The normalized spacial score (nSPS) is 16.7. The van der Waals surface area contributed by atoms with Gasteiger partial charge in [0.1, 0.15) is 0 Å². The van der Waals surface area contributed by atoms with Gasteiger partial charge in [0.15, 0.2) is 0 Å². The summed E-state index contributed by atoms with van der Waals surface area (Å²) in [6, 6.07) is 7.59. The molecule has 1 atom stereocenters. The summed E-state index contributed by atoms with van der Waals surface area (Å²) in [6.07, 6.45) is 2.75. The van der Waals surface area contributed by atoms with Crippen molar-refractivity contribution in [1.29, 1.82) is 0 Å². The first-order valence-corrected chi connectivity index (χ1v) is 7.07. The molecule has 1 aliphatic rings. The molecular weight excluding hydrogens is 220 g/mol. The van der Waals surface area contributed by atoms with Crippen molar-refractivity contribution < 1.29 is 0 Å². The number of hydrogen-bond donors (Lipinski definition) is 1. The van der Waals surface area contributed by atoms with Crippen molar-refractivity contribution in [2.75, 3.05) is 25.0 Å². The summed E-state index contributed by atoms with van der Waals surface area (Å²) in [5.74, 6) is 0.691. The molecule has 1 unspecified atom stereocenters. The second-order valence-corrected chi connectivity index (χ2v) is 6.01. The van der Waals surface area contributed by atoms with E-state index in [2.05, 4.69) is 56.2 Å². The molecule has 0 radical (unpaired) electrons. The SMILES string of the molecule is Cc1cc(C)cc(N(C)CC(C)CNC2CC2)c1. The maximum Gasteiger partial charge on any atom is 0.0369 e. The quantitative estimate of drug-likeness (QED) is 0.829. The fourth-order valence-electron chi connectivity index (χ4n) is 2.46. The third-order valence-corrected chi connectivity index (χ3v) is 3.57. The largest absolute Gasteiger partial charge is 0.374 e. The van der Waals surface area contributed by atoms with Gasteiger partial charge < -0.3 is 10.2 Å². The maximum absolute atomic E-state index is 3.61. The summed E-state index contributed by atoms with van der Waals surface area (Å²) >= 11 is 0. The lowest BCUT2D eigenvalue weighted by molar-refractivity contribution is 0.511. The van der Waals surface area contributed by atoms with Crippen LogP contribution in [0.2, 0.25) is 0 Å². The predicted molar refractivity (Wildman–Crippen MR) is 79.4 cm³/mol. The predicted octanol–water partition coefficient (Wildman–Crippen LogP) is 3.13.